The van der Waals surface area contributed by atoms with Crippen LogP contribution in [0.4, 0.5) is 4.39 Å². The van der Waals surface area contributed by atoms with E-state index in [2.05, 4.69) is 10.1 Å². The number of phenols is 1. The van der Waals surface area contributed by atoms with E-state index in [-0.39, 0.29) is 22.5 Å². The first-order chi connectivity index (χ1) is 10.0. The Labute approximate surface area is 128 Å². The second kappa shape index (κ2) is 5.35. The molecule has 4 nitrogen and oxygen atoms in total. The van der Waals surface area contributed by atoms with E-state index in [1.807, 2.05) is 0 Å². The van der Waals surface area contributed by atoms with Crippen LogP contribution in [0.1, 0.15) is 0 Å². The van der Waals surface area contributed by atoms with Gasteiger partial charge in [0.05, 0.1) is 15.6 Å². The topological polar surface area (TPSA) is 59.2 Å². The van der Waals surface area contributed by atoms with E-state index in [1.54, 1.807) is 0 Å². The average Bonchev–Trinajstić information content (AvgIpc) is 2.91. The molecule has 0 unspecified atom stereocenters. The van der Waals surface area contributed by atoms with Crippen molar-refractivity contribution in [2.45, 2.75) is 0 Å². The molecular weight excluding hydrogens is 318 g/mol. The highest BCUT2D eigenvalue weighted by molar-refractivity contribution is 6.33. The maximum absolute atomic E-state index is 13.0. The molecule has 0 aliphatic rings. The molecule has 0 saturated carbocycles. The van der Waals surface area contributed by atoms with E-state index in [0.717, 1.165) is 6.07 Å². The van der Waals surface area contributed by atoms with Crippen LogP contribution in [-0.4, -0.2) is 15.2 Å². The van der Waals surface area contributed by atoms with Crippen molar-refractivity contribution in [3.63, 3.8) is 0 Å². The van der Waals surface area contributed by atoms with Crippen LogP contribution in [0.3, 0.4) is 0 Å². The molecule has 2 aromatic carbocycles. The Hall–Kier alpha value is -2.11. The highest BCUT2D eigenvalue weighted by Crippen LogP contribution is 2.32. The normalized spacial score (nSPS) is 10.8. The summed E-state index contributed by atoms with van der Waals surface area (Å²) in [6, 6.07) is 8.23. The molecule has 0 atom stereocenters. The zero-order valence-electron chi connectivity index (χ0n) is 10.3. The molecule has 0 aliphatic carbocycles. The van der Waals surface area contributed by atoms with Gasteiger partial charge in [0.2, 0.25) is 5.82 Å². The Morgan fingerprint density at radius 2 is 1.81 bits per heavy atom. The fourth-order valence-electron chi connectivity index (χ4n) is 1.79. The van der Waals surface area contributed by atoms with Gasteiger partial charge in [-0.1, -0.05) is 28.4 Å². The van der Waals surface area contributed by atoms with Crippen LogP contribution >= 0.6 is 23.2 Å². The third-order valence-corrected chi connectivity index (χ3v) is 3.42. The van der Waals surface area contributed by atoms with Crippen LogP contribution < -0.4 is 0 Å². The monoisotopic (exact) mass is 324 g/mol. The quantitative estimate of drug-likeness (QED) is 0.751. The molecule has 0 amide bonds. The summed E-state index contributed by atoms with van der Waals surface area (Å²) < 4.78 is 18.2. The van der Waals surface area contributed by atoms with Crippen molar-refractivity contribution < 1.29 is 14.0 Å². The summed E-state index contributed by atoms with van der Waals surface area (Å²) >= 11 is 12.0. The third kappa shape index (κ3) is 2.70. The summed E-state index contributed by atoms with van der Waals surface area (Å²) in [7, 11) is 0. The summed E-state index contributed by atoms with van der Waals surface area (Å²) in [5, 5.41) is 13.8. The molecule has 106 valence electrons. The van der Waals surface area contributed by atoms with Crippen molar-refractivity contribution in [2.24, 2.45) is 0 Å². The Morgan fingerprint density at radius 1 is 1.00 bits per heavy atom. The van der Waals surface area contributed by atoms with Crippen LogP contribution in [0.25, 0.3) is 22.8 Å². The molecule has 0 saturated heterocycles. The number of nitrogens with zero attached hydrogens (tertiary/aromatic N) is 2. The standard InChI is InChI=1S/C14H7Cl2FN2O2/c15-11-4-2-8(20)6-10(11)14-18-13(19-21-14)9-3-1-7(17)5-12(9)16/h1-6,20H. The summed E-state index contributed by atoms with van der Waals surface area (Å²) in [6.45, 7) is 0. The molecule has 0 bridgehead atoms. The van der Waals surface area contributed by atoms with Gasteiger partial charge in [-0.25, -0.2) is 4.39 Å². The van der Waals surface area contributed by atoms with E-state index in [4.69, 9.17) is 27.7 Å². The molecule has 0 aliphatic heterocycles. The molecule has 7 heteroatoms. The van der Waals surface area contributed by atoms with Crippen LogP contribution in [0, 0.1) is 5.82 Å². The summed E-state index contributed by atoms with van der Waals surface area (Å²) in [5.41, 5.74) is 0.831. The maximum atomic E-state index is 13.0. The Morgan fingerprint density at radius 3 is 2.57 bits per heavy atom. The van der Waals surface area contributed by atoms with Gasteiger partial charge < -0.3 is 9.63 Å². The predicted molar refractivity (Wildman–Crippen MR) is 76.8 cm³/mol. The van der Waals surface area contributed by atoms with E-state index in [1.165, 1.54) is 30.3 Å². The van der Waals surface area contributed by atoms with Crippen molar-refractivity contribution >= 4 is 23.2 Å². The van der Waals surface area contributed by atoms with E-state index < -0.39 is 5.82 Å². The Balaban J connectivity index is 2.06. The lowest BCUT2D eigenvalue weighted by molar-refractivity contribution is 0.431. The fraction of sp³-hybridized carbons (Fsp3) is 0. The van der Waals surface area contributed by atoms with Gasteiger partial charge in [0.25, 0.3) is 5.89 Å². The van der Waals surface area contributed by atoms with E-state index in [0.29, 0.717) is 16.1 Å². The van der Waals surface area contributed by atoms with Crippen LogP contribution in [0.15, 0.2) is 40.9 Å². The molecule has 1 aromatic heterocycles. The molecule has 0 spiro atoms. The summed E-state index contributed by atoms with van der Waals surface area (Å²) in [5.74, 6) is -0.0989. The van der Waals surface area contributed by atoms with Crippen LogP contribution in [0.2, 0.25) is 10.0 Å². The number of hydrogen-bond donors (Lipinski definition) is 1. The largest absolute Gasteiger partial charge is 0.508 e. The van der Waals surface area contributed by atoms with Crippen molar-refractivity contribution in [3.8, 4) is 28.6 Å². The van der Waals surface area contributed by atoms with Crippen molar-refractivity contribution in [3.05, 3.63) is 52.3 Å². The van der Waals surface area contributed by atoms with Crippen LogP contribution in [0.5, 0.6) is 5.75 Å². The second-order valence-electron chi connectivity index (χ2n) is 4.21. The zero-order chi connectivity index (χ0) is 15.0. The minimum atomic E-state index is -0.455. The van der Waals surface area contributed by atoms with Gasteiger partial charge >= 0.3 is 0 Å². The van der Waals surface area contributed by atoms with Gasteiger partial charge in [-0.3, -0.25) is 0 Å². The first kappa shape index (κ1) is 13.9. The van der Waals surface area contributed by atoms with Gasteiger partial charge in [-0.15, -0.1) is 0 Å². The molecule has 1 N–H and O–H groups in total. The Kier molecular flexibility index (Phi) is 3.53. The lowest BCUT2D eigenvalue weighted by Gasteiger charge is -1.99. The lowest BCUT2D eigenvalue weighted by atomic mass is 10.2. The highest BCUT2D eigenvalue weighted by Gasteiger charge is 2.16. The summed E-state index contributed by atoms with van der Waals surface area (Å²) in [6.07, 6.45) is 0. The number of benzene rings is 2. The minimum absolute atomic E-state index is 0.0222. The van der Waals surface area contributed by atoms with Gasteiger partial charge in [0.1, 0.15) is 11.6 Å². The number of aromatic hydroxyl groups is 1. The predicted octanol–water partition coefficient (Wildman–Crippen LogP) is 4.56. The number of halogens is 3. The third-order valence-electron chi connectivity index (χ3n) is 2.78. The number of hydrogen-bond acceptors (Lipinski definition) is 4. The minimum Gasteiger partial charge on any atom is -0.508 e. The summed E-state index contributed by atoms with van der Waals surface area (Å²) in [4.78, 5) is 4.16. The van der Waals surface area contributed by atoms with Gasteiger partial charge in [-0.2, -0.15) is 4.98 Å². The van der Waals surface area contributed by atoms with Crippen molar-refractivity contribution in [1.29, 1.82) is 0 Å². The average molecular weight is 325 g/mol. The molecule has 3 rings (SSSR count). The second-order valence-corrected chi connectivity index (χ2v) is 5.03. The lowest BCUT2D eigenvalue weighted by Crippen LogP contribution is -1.85. The van der Waals surface area contributed by atoms with Gasteiger partial charge in [0.15, 0.2) is 0 Å². The van der Waals surface area contributed by atoms with E-state index in [9.17, 15) is 9.50 Å². The number of phenolic OH excluding ortho intramolecular Hbond substituents is 1. The molecule has 3 aromatic rings. The molecule has 0 radical (unpaired) electrons. The van der Waals surface area contributed by atoms with E-state index >= 15 is 0 Å². The van der Waals surface area contributed by atoms with Crippen molar-refractivity contribution in [1.82, 2.24) is 10.1 Å². The highest BCUT2D eigenvalue weighted by atomic mass is 35.5. The smallest absolute Gasteiger partial charge is 0.259 e. The Bertz CT molecular complexity index is 820. The molecule has 21 heavy (non-hydrogen) atoms. The first-order valence-corrected chi connectivity index (χ1v) is 6.58. The maximum Gasteiger partial charge on any atom is 0.259 e. The first-order valence-electron chi connectivity index (χ1n) is 5.82. The fourth-order valence-corrected chi connectivity index (χ4v) is 2.24. The van der Waals surface area contributed by atoms with Crippen LogP contribution in [-0.2, 0) is 0 Å². The molecular formula is C14H7Cl2FN2O2. The molecule has 1 heterocycles. The SMILES string of the molecule is Oc1ccc(Cl)c(-c2nc(-c3ccc(F)cc3Cl)no2)c1. The van der Waals surface area contributed by atoms with Crippen molar-refractivity contribution in [2.75, 3.05) is 0 Å². The molecule has 0 fully saturated rings. The number of rotatable bonds is 2. The van der Waals surface area contributed by atoms with Gasteiger partial charge in [-0.05, 0) is 36.4 Å². The van der Waals surface area contributed by atoms with Gasteiger partial charge in [0, 0.05) is 5.56 Å². The number of aromatic nitrogens is 2. The zero-order valence-corrected chi connectivity index (χ0v) is 11.9.